The zero-order valence-corrected chi connectivity index (χ0v) is 10.6. The maximum absolute atomic E-state index is 10.3. The van der Waals surface area contributed by atoms with Crippen molar-refractivity contribution in [1.29, 1.82) is 0 Å². The second kappa shape index (κ2) is 5.87. The zero-order valence-electron chi connectivity index (χ0n) is 10.6. The lowest BCUT2D eigenvalue weighted by Crippen LogP contribution is -2.39. The second-order valence-electron chi connectivity index (χ2n) is 5.84. The molecule has 1 fully saturated rings. The van der Waals surface area contributed by atoms with E-state index in [9.17, 15) is 9.59 Å². The Morgan fingerprint density at radius 3 is 2.35 bits per heavy atom. The first-order chi connectivity index (χ1) is 7.41. The summed E-state index contributed by atoms with van der Waals surface area (Å²) in [6.45, 7) is 6.86. The van der Waals surface area contributed by atoms with Crippen LogP contribution < -0.4 is 0 Å². The molecule has 1 rings (SSSR count). The summed E-state index contributed by atoms with van der Waals surface area (Å²) in [4.78, 5) is 28.0. The van der Waals surface area contributed by atoms with Gasteiger partial charge in [0.25, 0.3) is 0 Å². The summed E-state index contributed by atoms with van der Waals surface area (Å²) in [7, 11) is 0. The van der Waals surface area contributed by atoms with Crippen LogP contribution in [-0.4, -0.2) is 30.2 Å². The Hall–Kier alpha value is -1.28. The molecule has 0 saturated heterocycles. The van der Waals surface area contributed by atoms with Gasteiger partial charge in [0.1, 0.15) is 0 Å². The molecule has 0 amide bonds. The van der Waals surface area contributed by atoms with Crippen LogP contribution in [0.25, 0.3) is 0 Å². The molecule has 5 nitrogen and oxygen atoms in total. The quantitative estimate of drug-likeness (QED) is 0.551. The van der Waals surface area contributed by atoms with Crippen molar-refractivity contribution in [1.82, 2.24) is 0 Å². The fraction of sp³-hybridized carbons (Fsp3) is 0.833. The van der Waals surface area contributed by atoms with Gasteiger partial charge in [0.05, 0.1) is 12.6 Å². The Kier molecular flexibility index (Phi) is 5.43. The van der Waals surface area contributed by atoms with Crippen LogP contribution in [0.1, 0.15) is 40.0 Å². The second-order valence-corrected chi connectivity index (χ2v) is 5.84. The first-order valence-electron chi connectivity index (χ1n) is 5.51. The van der Waals surface area contributed by atoms with E-state index in [1.54, 1.807) is 12.2 Å². The predicted molar refractivity (Wildman–Crippen MR) is 64.3 cm³/mol. The largest absolute Gasteiger partial charge is 0.412 e. The summed E-state index contributed by atoms with van der Waals surface area (Å²) >= 11 is 0. The number of hydrogen-bond donors (Lipinski definition) is 0. The third kappa shape index (κ3) is 4.61. The topological polar surface area (TPSA) is 90.4 Å². The van der Waals surface area contributed by atoms with Crippen LogP contribution in [0, 0.1) is 10.8 Å². The maximum Gasteiger partial charge on any atom is 0.235 e. The van der Waals surface area contributed by atoms with Crippen molar-refractivity contribution in [3.63, 3.8) is 0 Å². The molecule has 0 aromatic heterocycles. The maximum atomic E-state index is 10.3. The van der Waals surface area contributed by atoms with Gasteiger partial charge in [-0.15, -0.1) is 0 Å². The molecule has 96 valence electrons. The molecule has 0 aromatic rings. The molecule has 17 heavy (non-hydrogen) atoms. The van der Waals surface area contributed by atoms with Crippen molar-refractivity contribution in [2.75, 3.05) is 6.54 Å². The van der Waals surface area contributed by atoms with E-state index < -0.39 is 0 Å². The van der Waals surface area contributed by atoms with Gasteiger partial charge in [0.15, 0.2) is 0 Å². The van der Waals surface area contributed by atoms with Crippen molar-refractivity contribution in [2.24, 2.45) is 20.8 Å². The van der Waals surface area contributed by atoms with Crippen molar-refractivity contribution in [2.45, 2.75) is 46.1 Å². The van der Waals surface area contributed by atoms with Gasteiger partial charge in [-0.1, -0.05) is 20.8 Å². The minimum atomic E-state index is -0.0653. The van der Waals surface area contributed by atoms with E-state index in [0.29, 0.717) is 6.54 Å². The van der Waals surface area contributed by atoms with Gasteiger partial charge in [0.2, 0.25) is 12.2 Å². The number of aliphatic imine (C=N–C) groups is 2. The number of hydrogen-bond acceptors (Lipinski definition) is 4. The molecule has 2 N–H and O–H groups in total. The van der Waals surface area contributed by atoms with E-state index in [4.69, 9.17) is 0 Å². The summed E-state index contributed by atoms with van der Waals surface area (Å²) < 4.78 is 0. The molecule has 1 aliphatic rings. The molecule has 0 spiro atoms. The molecular formula is C12H20N2O3. The van der Waals surface area contributed by atoms with Crippen LogP contribution in [-0.2, 0) is 9.59 Å². The highest BCUT2D eigenvalue weighted by atomic mass is 16.1. The lowest BCUT2D eigenvalue weighted by molar-refractivity contribution is 0.0915. The van der Waals surface area contributed by atoms with Gasteiger partial charge in [0, 0.05) is 0 Å². The van der Waals surface area contributed by atoms with E-state index in [1.807, 2.05) is 0 Å². The molecule has 5 heteroatoms. The van der Waals surface area contributed by atoms with Gasteiger partial charge in [-0.2, -0.15) is 0 Å². The van der Waals surface area contributed by atoms with Gasteiger partial charge in [-0.05, 0) is 30.1 Å². The third-order valence-electron chi connectivity index (χ3n) is 3.18. The lowest BCUT2D eigenvalue weighted by Gasteiger charge is -2.44. The third-order valence-corrected chi connectivity index (χ3v) is 3.18. The average molecular weight is 240 g/mol. The standard InChI is InChI=1S/C12H18N2O2.H2O/c1-11(2)4-10(14-9-16)5-12(3,6-11)7-13-8-15;/h10H,4-7H2,1-3H3;1H2. The van der Waals surface area contributed by atoms with Crippen molar-refractivity contribution >= 4 is 12.2 Å². The fourth-order valence-electron chi connectivity index (χ4n) is 3.09. The smallest absolute Gasteiger partial charge is 0.235 e. The number of nitrogens with zero attached hydrogens (tertiary/aromatic N) is 2. The summed E-state index contributed by atoms with van der Waals surface area (Å²) in [5.74, 6) is 0. The van der Waals surface area contributed by atoms with Gasteiger partial charge in [-0.3, -0.25) is 0 Å². The summed E-state index contributed by atoms with van der Waals surface area (Å²) in [6.07, 6.45) is 5.88. The fourth-order valence-corrected chi connectivity index (χ4v) is 3.09. The van der Waals surface area contributed by atoms with Crippen LogP contribution >= 0.6 is 0 Å². The predicted octanol–water partition coefficient (Wildman–Crippen LogP) is 1.42. The molecular weight excluding hydrogens is 220 g/mol. The highest BCUT2D eigenvalue weighted by Crippen LogP contribution is 2.47. The van der Waals surface area contributed by atoms with Gasteiger partial charge < -0.3 is 5.48 Å². The minimum absolute atomic E-state index is 0. The number of isocyanates is 2. The zero-order chi connectivity index (χ0) is 12.2. The molecule has 0 heterocycles. The minimum Gasteiger partial charge on any atom is -0.412 e. The van der Waals surface area contributed by atoms with Crippen LogP contribution in [0.5, 0.6) is 0 Å². The van der Waals surface area contributed by atoms with Crippen LogP contribution in [0.2, 0.25) is 0 Å². The van der Waals surface area contributed by atoms with Crippen molar-refractivity contribution in [3.8, 4) is 0 Å². The monoisotopic (exact) mass is 240 g/mol. The summed E-state index contributed by atoms with van der Waals surface area (Å²) in [6, 6.07) is 0.00750. The highest BCUT2D eigenvalue weighted by Gasteiger charge is 2.41. The molecule has 2 unspecified atom stereocenters. The van der Waals surface area contributed by atoms with E-state index in [-0.39, 0.29) is 22.3 Å². The SMILES string of the molecule is CC1(C)CC(N=C=O)CC(C)(CN=C=O)C1.O. The van der Waals surface area contributed by atoms with Crippen molar-refractivity contribution in [3.05, 3.63) is 0 Å². The van der Waals surface area contributed by atoms with E-state index in [0.717, 1.165) is 19.3 Å². The molecule has 2 atom stereocenters. The number of carbonyl (C=O) groups excluding carboxylic acids is 2. The Bertz CT molecular complexity index is 355. The molecule has 0 bridgehead atoms. The van der Waals surface area contributed by atoms with Crippen molar-refractivity contribution < 1.29 is 15.1 Å². The Balaban J connectivity index is 0.00000256. The van der Waals surface area contributed by atoms with Crippen LogP contribution in [0.15, 0.2) is 9.98 Å². The number of rotatable bonds is 3. The summed E-state index contributed by atoms with van der Waals surface area (Å²) in [5, 5.41) is 0. The highest BCUT2D eigenvalue weighted by molar-refractivity contribution is 5.34. The molecule has 0 radical (unpaired) electrons. The van der Waals surface area contributed by atoms with Gasteiger partial charge in [-0.25, -0.2) is 19.6 Å². The summed E-state index contributed by atoms with van der Waals surface area (Å²) in [5.41, 5.74) is 0.0561. The van der Waals surface area contributed by atoms with E-state index in [2.05, 4.69) is 30.8 Å². The van der Waals surface area contributed by atoms with E-state index in [1.165, 1.54) is 0 Å². The molecule has 1 saturated carbocycles. The van der Waals surface area contributed by atoms with Crippen LogP contribution in [0.3, 0.4) is 0 Å². The molecule has 1 aliphatic carbocycles. The first kappa shape index (κ1) is 15.7. The Morgan fingerprint density at radius 1 is 1.18 bits per heavy atom. The Morgan fingerprint density at radius 2 is 1.82 bits per heavy atom. The lowest BCUT2D eigenvalue weighted by atomic mass is 9.63. The molecule has 0 aromatic carbocycles. The Labute approximate surface area is 101 Å². The molecule has 0 aliphatic heterocycles. The average Bonchev–Trinajstić information content (AvgIpc) is 2.12. The van der Waals surface area contributed by atoms with Gasteiger partial charge >= 0.3 is 0 Å². The van der Waals surface area contributed by atoms with E-state index >= 15 is 0 Å². The first-order valence-corrected chi connectivity index (χ1v) is 5.51. The van der Waals surface area contributed by atoms with Crippen LogP contribution in [0.4, 0.5) is 0 Å². The normalized spacial score (nSPS) is 30.4.